The van der Waals surface area contributed by atoms with Gasteiger partial charge in [0.1, 0.15) is 0 Å². The first-order valence-electron chi connectivity index (χ1n) is 7.26. The summed E-state index contributed by atoms with van der Waals surface area (Å²) in [6.07, 6.45) is 1.94. The van der Waals surface area contributed by atoms with Crippen molar-refractivity contribution in [2.45, 2.75) is 26.4 Å². The second-order valence-corrected chi connectivity index (χ2v) is 5.23. The Kier molecular flexibility index (Phi) is 5.55. The monoisotopic (exact) mass is 301 g/mol. The highest BCUT2D eigenvalue weighted by Gasteiger charge is 2.06. The van der Waals surface area contributed by atoms with E-state index >= 15 is 0 Å². The Morgan fingerprint density at radius 1 is 1.41 bits per heavy atom. The Hall–Kier alpha value is -2.34. The van der Waals surface area contributed by atoms with E-state index in [0.717, 1.165) is 16.9 Å². The molecule has 1 aromatic heterocycles. The summed E-state index contributed by atoms with van der Waals surface area (Å²) in [6.45, 7) is 5.04. The lowest BCUT2D eigenvalue weighted by atomic mass is 10.2. The molecule has 3 N–H and O–H groups in total. The van der Waals surface area contributed by atoms with Crippen LogP contribution in [-0.2, 0) is 11.3 Å². The van der Waals surface area contributed by atoms with Crippen molar-refractivity contribution >= 4 is 5.96 Å². The largest absolute Gasteiger partial charge is 0.383 e. The number of para-hydroxylation sites is 1. The van der Waals surface area contributed by atoms with E-state index in [2.05, 4.69) is 15.4 Å². The molecule has 1 aromatic carbocycles. The first-order valence-corrected chi connectivity index (χ1v) is 7.26. The van der Waals surface area contributed by atoms with Gasteiger partial charge in [0.25, 0.3) is 0 Å². The van der Waals surface area contributed by atoms with Crippen LogP contribution >= 0.6 is 0 Å². The fraction of sp³-hybridized carbons (Fsp3) is 0.375. The summed E-state index contributed by atoms with van der Waals surface area (Å²) in [6, 6.07) is 10.1. The molecule has 0 radical (unpaired) electrons. The van der Waals surface area contributed by atoms with E-state index in [9.17, 15) is 0 Å². The van der Waals surface area contributed by atoms with Crippen molar-refractivity contribution in [3.8, 4) is 5.69 Å². The van der Waals surface area contributed by atoms with E-state index in [1.807, 2.05) is 55.1 Å². The van der Waals surface area contributed by atoms with Crippen LogP contribution in [0.1, 0.15) is 18.2 Å². The highest BCUT2D eigenvalue weighted by Crippen LogP contribution is 2.15. The maximum atomic E-state index is 5.91. The fourth-order valence-electron chi connectivity index (χ4n) is 2.18. The van der Waals surface area contributed by atoms with Gasteiger partial charge in [-0.15, -0.1) is 0 Å². The van der Waals surface area contributed by atoms with Crippen LogP contribution in [0, 0.1) is 6.92 Å². The van der Waals surface area contributed by atoms with Crippen LogP contribution in [0.3, 0.4) is 0 Å². The second kappa shape index (κ2) is 7.61. The van der Waals surface area contributed by atoms with Crippen molar-refractivity contribution in [2.75, 3.05) is 13.7 Å². The van der Waals surface area contributed by atoms with Crippen LogP contribution in [0.2, 0.25) is 0 Å². The molecule has 2 aromatic rings. The molecule has 1 heterocycles. The van der Waals surface area contributed by atoms with Gasteiger partial charge in [0, 0.05) is 19.3 Å². The summed E-state index contributed by atoms with van der Waals surface area (Å²) in [5, 5.41) is 7.54. The van der Waals surface area contributed by atoms with Gasteiger partial charge in [-0.1, -0.05) is 18.2 Å². The lowest BCUT2D eigenvalue weighted by Crippen LogP contribution is -2.40. The molecule has 0 saturated carbocycles. The molecule has 0 bridgehead atoms. The molecule has 1 atom stereocenters. The second-order valence-electron chi connectivity index (χ2n) is 5.23. The predicted octanol–water partition coefficient (Wildman–Crippen LogP) is 1.62. The quantitative estimate of drug-likeness (QED) is 0.628. The molecule has 0 amide bonds. The lowest BCUT2D eigenvalue weighted by Gasteiger charge is -2.13. The number of rotatable bonds is 6. The van der Waals surface area contributed by atoms with Gasteiger partial charge in [0.2, 0.25) is 0 Å². The number of methoxy groups -OCH3 is 1. The average molecular weight is 301 g/mol. The number of guanidine groups is 1. The zero-order valence-corrected chi connectivity index (χ0v) is 13.3. The first-order chi connectivity index (χ1) is 10.6. The number of aliphatic imine (C=N–C) groups is 1. The minimum absolute atomic E-state index is 0.123. The SMILES string of the molecule is COCC(C)NC(N)=NCc1ccccc1-n1ccc(C)n1. The summed E-state index contributed by atoms with van der Waals surface area (Å²) < 4.78 is 6.92. The molecule has 1 unspecified atom stereocenters. The van der Waals surface area contributed by atoms with Crippen LogP contribution in [-0.4, -0.2) is 35.5 Å². The number of nitrogens with one attached hydrogen (secondary N) is 1. The number of ether oxygens (including phenoxy) is 1. The standard InChI is InChI=1S/C16H23N5O/c1-12-8-9-21(20-12)15-7-5-4-6-14(15)10-18-16(17)19-13(2)11-22-3/h4-9,13H,10-11H2,1-3H3,(H3,17,18,19). The van der Waals surface area contributed by atoms with Crippen molar-refractivity contribution in [1.29, 1.82) is 0 Å². The number of nitrogens with two attached hydrogens (primary N) is 1. The minimum atomic E-state index is 0.123. The third-order valence-corrected chi connectivity index (χ3v) is 3.19. The van der Waals surface area contributed by atoms with Crippen molar-refractivity contribution in [1.82, 2.24) is 15.1 Å². The lowest BCUT2D eigenvalue weighted by molar-refractivity contribution is 0.179. The maximum absolute atomic E-state index is 5.91. The summed E-state index contributed by atoms with van der Waals surface area (Å²) >= 11 is 0. The normalized spacial score (nSPS) is 13.1. The van der Waals surface area contributed by atoms with Gasteiger partial charge >= 0.3 is 0 Å². The van der Waals surface area contributed by atoms with Crippen molar-refractivity contribution in [2.24, 2.45) is 10.7 Å². The molecule has 6 heteroatoms. The number of benzene rings is 1. The molecular formula is C16H23N5O. The van der Waals surface area contributed by atoms with Gasteiger partial charge in [-0.25, -0.2) is 9.67 Å². The van der Waals surface area contributed by atoms with Gasteiger partial charge in [-0.2, -0.15) is 5.10 Å². The van der Waals surface area contributed by atoms with Gasteiger partial charge in [0.15, 0.2) is 5.96 Å². The molecule has 0 spiro atoms. The number of aromatic nitrogens is 2. The van der Waals surface area contributed by atoms with Crippen molar-refractivity contribution < 1.29 is 4.74 Å². The van der Waals surface area contributed by atoms with Gasteiger partial charge in [-0.05, 0) is 31.5 Å². The highest BCUT2D eigenvalue weighted by atomic mass is 16.5. The summed E-state index contributed by atoms with van der Waals surface area (Å²) in [5.41, 5.74) is 8.96. The Balaban J connectivity index is 2.10. The van der Waals surface area contributed by atoms with E-state index in [1.54, 1.807) is 7.11 Å². The van der Waals surface area contributed by atoms with E-state index in [1.165, 1.54) is 0 Å². The molecule has 118 valence electrons. The van der Waals surface area contributed by atoms with E-state index in [4.69, 9.17) is 10.5 Å². The van der Waals surface area contributed by atoms with E-state index < -0.39 is 0 Å². The van der Waals surface area contributed by atoms with E-state index in [-0.39, 0.29) is 6.04 Å². The van der Waals surface area contributed by atoms with Crippen LogP contribution in [0.5, 0.6) is 0 Å². The van der Waals surface area contributed by atoms with Crippen LogP contribution in [0.25, 0.3) is 5.69 Å². The van der Waals surface area contributed by atoms with E-state index in [0.29, 0.717) is 19.1 Å². The highest BCUT2D eigenvalue weighted by molar-refractivity contribution is 5.78. The average Bonchev–Trinajstić information content (AvgIpc) is 2.92. The van der Waals surface area contributed by atoms with Gasteiger partial charge in [0.05, 0.1) is 24.5 Å². The Bertz CT molecular complexity index is 635. The van der Waals surface area contributed by atoms with Gasteiger partial charge < -0.3 is 15.8 Å². The summed E-state index contributed by atoms with van der Waals surface area (Å²) in [7, 11) is 1.66. The third kappa shape index (κ3) is 4.33. The van der Waals surface area contributed by atoms with Gasteiger partial charge in [-0.3, -0.25) is 0 Å². The molecule has 2 rings (SSSR count). The first kappa shape index (κ1) is 16.0. The predicted molar refractivity (Wildman–Crippen MR) is 88.1 cm³/mol. The third-order valence-electron chi connectivity index (χ3n) is 3.19. The minimum Gasteiger partial charge on any atom is -0.383 e. The van der Waals surface area contributed by atoms with Crippen LogP contribution in [0.4, 0.5) is 0 Å². The molecule has 0 saturated heterocycles. The topological polar surface area (TPSA) is 77.5 Å². The van der Waals surface area contributed by atoms with Crippen LogP contribution < -0.4 is 11.1 Å². The Morgan fingerprint density at radius 2 is 2.18 bits per heavy atom. The van der Waals surface area contributed by atoms with Crippen molar-refractivity contribution in [3.05, 3.63) is 47.8 Å². The van der Waals surface area contributed by atoms with Crippen molar-refractivity contribution in [3.63, 3.8) is 0 Å². The molecular weight excluding hydrogens is 278 g/mol. The number of hydrogen-bond acceptors (Lipinski definition) is 3. The zero-order chi connectivity index (χ0) is 15.9. The van der Waals surface area contributed by atoms with Crippen LogP contribution in [0.15, 0.2) is 41.5 Å². The number of aryl methyl sites for hydroxylation is 1. The number of hydrogen-bond donors (Lipinski definition) is 2. The number of nitrogens with zero attached hydrogens (tertiary/aromatic N) is 3. The zero-order valence-electron chi connectivity index (χ0n) is 13.3. The molecule has 0 aliphatic heterocycles. The maximum Gasteiger partial charge on any atom is 0.189 e. The fourth-order valence-corrected chi connectivity index (χ4v) is 2.18. The Morgan fingerprint density at radius 3 is 2.86 bits per heavy atom. The molecule has 0 aliphatic rings. The molecule has 0 aliphatic carbocycles. The summed E-state index contributed by atoms with van der Waals surface area (Å²) in [4.78, 5) is 4.40. The smallest absolute Gasteiger partial charge is 0.189 e. The Labute approximate surface area is 131 Å². The molecule has 6 nitrogen and oxygen atoms in total. The summed E-state index contributed by atoms with van der Waals surface area (Å²) in [5.74, 6) is 0.413. The molecule has 22 heavy (non-hydrogen) atoms. The molecule has 0 fully saturated rings.